The van der Waals surface area contributed by atoms with Crippen LogP contribution in [0.25, 0.3) is 0 Å². The number of rotatable bonds is 8. The van der Waals surface area contributed by atoms with Gasteiger partial charge in [0.15, 0.2) is 6.61 Å². The molecular formula is C20H23NO5S. The predicted octanol–water partition coefficient (Wildman–Crippen LogP) is 3.46. The van der Waals surface area contributed by atoms with E-state index in [4.69, 9.17) is 14.2 Å². The molecule has 0 aliphatic heterocycles. The summed E-state index contributed by atoms with van der Waals surface area (Å²) in [7, 11) is 3.13. The van der Waals surface area contributed by atoms with Crippen molar-refractivity contribution in [2.45, 2.75) is 17.9 Å². The Kier molecular flexibility index (Phi) is 7.55. The van der Waals surface area contributed by atoms with Crippen LogP contribution in [0, 0.1) is 0 Å². The monoisotopic (exact) mass is 389 g/mol. The number of thioether (sulfide) groups is 1. The van der Waals surface area contributed by atoms with Crippen LogP contribution in [-0.4, -0.2) is 39.0 Å². The molecule has 0 unspecified atom stereocenters. The number of ether oxygens (including phenoxy) is 3. The second-order valence-electron chi connectivity index (χ2n) is 5.67. The van der Waals surface area contributed by atoms with Crippen molar-refractivity contribution >= 4 is 23.6 Å². The Balaban J connectivity index is 1.98. The smallest absolute Gasteiger partial charge is 0.339 e. The van der Waals surface area contributed by atoms with E-state index < -0.39 is 11.9 Å². The van der Waals surface area contributed by atoms with Crippen LogP contribution in [0.1, 0.15) is 28.9 Å². The number of hydrogen-bond acceptors (Lipinski definition) is 6. The number of hydrogen-bond donors (Lipinski definition) is 1. The van der Waals surface area contributed by atoms with Crippen LogP contribution >= 0.6 is 11.8 Å². The summed E-state index contributed by atoms with van der Waals surface area (Å²) < 4.78 is 15.7. The van der Waals surface area contributed by atoms with E-state index in [0.717, 1.165) is 10.5 Å². The van der Waals surface area contributed by atoms with Crippen molar-refractivity contribution in [1.82, 2.24) is 5.32 Å². The predicted molar refractivity (Wildman–Crippen MR) is 105 cm³/mol. The Morgan fingerprint density at radius 1 is 1.11 bits per heavy atom. The van der Waals surface area contributed by atoms with Crippen molar-refractivity contribution in [1.29, 1.82) is 0 Å². The van der Waals surface area contributed by atoms with Gasteiger partial charge in [0.1, 0.15) is 11.5 Å². The molecular weight excluding hydrogens is 366 g/mol. The number of carbonyl (C=O) groups excluding carboxylic acids is 2. The van der Waals surface area contributed by atoms with Crippen molar-refractivity contribution in [3.8, 4) is 11.5 Å². The third-order valence-corrected chi connectivity index (χ3v) is 4.74. The molecule has 144 valence electrons. The number of esters is 1. The summed E-state index contributed by atoms with van der Waals surface area (Å²) in [6, 6.07) is 12.1. The molecule has 0 aromatic heterocycles. The van der Waals surface area contributed by atoms with Gasteiger partial charge in [0, 0.05) is 10.5 Å². The molecule has 6 nitrogen and oxygen atoms in total. The topological polar surface area (TPSA) is 73.9 Å². The van der Waals surface area contributed by atoms with Crippen LogP contribution in [-0.2, 0) is 9.53 Å². The van der Waals surface area contributed by atoms with E-state index in [0.29, 0.717) is 17.1 Å². The number of amides is 1. The van der Waals surface area contributed by atoms with Gasteiger partial charge in [-0.05, 0) is 43.5 Å². The van der Waals surface area contributed by atoms with Crippen LogP contribution in [0.15, 0.2) is 47.4 Å². The normalized spacial score (nSPS) is 11.4. The van der Waals surface area contributed by atoms with Crippen molar-refractivity contribution in [3.63, 3.8) is 0 Å². The Bertz CT molecular complexity index is 809. The van der Waals surface area contributed by atoms with E-state index in [9.17, 15) is 9.59 Å². The second-order valence-corrected chi connectivity index (χ2v) is 6.52. The van der Waals surface area contributed by atoms with Gasteiger partial charge in [-0.3, -0.25) is 4.79 Å². The van der Waals surface area contributed by atoms with Crippen LogP contribution in [0.2, 0.25) is 0 Å². The molecule has 0 saturated carbocycles. The summed E-state index contributed by atoms with van der Waals surface area (Å²) in [6.45, 7) is 1.46. The molecule has 0 radical (unpaired) electrons. The zero-order chi connectivity index (χ0) is 19.8. The van der Waals surface area contributed by atoms with Gasteiger partial charge in [-0.25, -0.2) is 4.79 Å². The van der Waals surface area contributed by atoms with E-state index in [1.807, 2.05) is 25.3 Å². The van der Waals surface area contributed by atoms with E-state index in [1.54, 1.807) is 44.6 Å². The molecule has 0 saturated heterocycles. The molecule has 0 bridgehead atoms. The molecule has 1 N–H and O–H groups in total. The molecule has 0 aliphatic rings. The summed E-state index contributed by atoms with van der Waals surface area (Å²) in [5.41, 5.74) is 1.21. The Morgan fingerprint density at radius 2 is 1.85 bits per heavy atom. The van der Waals surface area contributed by atoms with Gasteiger partial charge in [-0.1, -0.05) is 12.1 Å². The molecule has 2 rings (SSSR count). The SMILES string of the molecule is COc1ccc(OC)c([C@H](C)NC(=O)COC(=O)c2ccccc2SC)c1. The van der Waals surface area contributed by atoms with Crippen LogP contribution in [0.5, 0.6) is 11.5 Å². The minimum absolute atomic E-state index is 0.347. The summed E-state index contributed by atoms with van der Waals surface area (Å²) >= 11 is 1.45. The molecule has 2 aromatic carbocycles. The van der Waals surface area contributed by atoms with Crippen molar-refractivity contribution < 1.29 is 23.8 Å². The maximum atomic E-state index is 12.2. The first kappa shape index (κ1) is 20.6. The number of nitrogens with one attached hydrogen (secondary N) is 1. The number of methoxy groups -OCH3 is 2. The molecule has 1 amide bonds. The van der Waals surface area contributed by atoms with Crippen LogP contribution in [0.4, 0.5) is 0 Å². The van der Waals surface area contributed by atoms with Gasteiger partial charge in [-0.2, -0.15) is 0 Å². The first-order chi connectivity index (χ1) is 13.0. The van der Waals surface area contributed by atoms with Gasteiger partial charge in [0.2, 0.25) is 0 Å². The van der Waals surface area contributed by atoms with Crippen LogP contribution < -0.4 is 14.8 Å². The number of benzene rings is 2. The van der Waals surface area contributed by atoms with Crippen molar-refractivity contribution in [2.75, 3.05) is 27.1 Å². The van der Waals surface area contributed by atoms with Gasteiger partial charge in [0.05, 0.1) is 25.8 Å². The van der Waals surface area contributed by atoms with Gasteiger partial charge in [0.25, 0.3) is 5.91 Å². The molecule has 7 heteroatoms. The lowest BCUT2D eigenvalue weighted by atomic mass is 10.1. The molecule has 0 fully saturated rings. The first-order valence-corrected chi connectivity index (χ1v) is 9.54. The Morgan fingerprint density at radius 3 is 2.52 bits per heavy atom. The fourth-order valence-corrected chi connectivity index (χ4v) is 3.15. The van der Waals surface area contributed by atoms with E-state index in [2.05, 4.69) is 5.32 Å². The lowest BCUT2D eigenvalue weighted by molar-refractivity contribution is -0.124. The zero-order valence-electron chi connectivity index (χ0n) is 15.8. The van der Waals surface area contributed by atoms with E-state index in [-0.39, 0.29) is 12.6 Å². The maximum Gasteiger partial charge on any atom is 0.339 e. The highest BCUT2D eigenvalue weighted by molar-refractivity contribution is 7.98. The summed E-state index contributed by atoms with van der Waals surface area (Å²) in [5, 5.41) is 2.80. The standard InChI is InChI=1S/C20H23NO5S/c1-13(16-11-14(24-2)9-10-17(16)25-3)21-19(22)12-26-20(23)15-7-5-6-8-18(15)27-4/h5-11,13H,12H2,1-4H3,(H,21,22)/t13-/m0/s1. The number of carbonyl (C=O) groups is 2. The fraction of sp³-hybridized carbons (Fsp3) is 0.300. The fourth-order valence-electron chi connectivity index (χ4n) is 2.56. The maximum absolute atomic E-state index is 12.2. The molecule has 1 atom stereocenters. The molecule has 0 heterocycles. The minimum Gasteiger partial charge on any atom is -0.497 e. The van der Waals surface area contributed by atoms with Crippen LogP contribution in [0.3, 0.4) is 0 Å². The molecule has 0 spiro atoms. The molecule has 27 heavy (non-hydrogen) atoms. The molecule has 2 aromatic rings. The summed E-state index contributed by atoms with van der Waals surface area (Å²) in [4.78, 5) is 25.2. The largest absolute Gasteiger partial charge is 0.497 e. The Hall–Kier alpha value is -2.67. The zero-order valence-corrected chi connectivity index (χ0v) is 16.6. The van der Waals surface area contributed by atoms with Crippen molar-refractivity contribution in [2.24, 2.45) is 0 Å². The highest BCUT2D eigenvalue weighted by Crippen LogP contribution is 2.29. The minimum atomic E-state index is -0.526. The molecule has 0 aliphatic carbocycles. The third-order valence-electron chi connectivity index (χ3n) is 3.94. The highest BCUT2D eigenvalue weighted by Gasteiger charge is 2.18. The van der Waals surface area contributed by atoms with Gasteiger partial charge >= 0.3 is 5.97 Å². The third kappa shape index (κ3) is 5.40. The first-order valence-electron chi connectivity index (χ1n) is 8.31. The quantitative estimate of drug-likeness (QED) is 0.551. The highest BCUT2D eigenvalue weighted by atomic mass is 32.2. The van der Waals surface area contributed by atoms with Gasteiger partial charge in [-0.15, -0.1) is 11.8 Å². The summed E-state index contributed by atoms with van der Waals surface area (Å²) in [6.07, 6.45) is 1.88. The van der Waals surface area contributed by atoms with Gasteiger partial charge < -0.3 is 19.5 Å². The average molecular weight is 389 g/mol. The Labute approximate surface area is 163 Å². The second kappa shape index (κ2) is 9.87. The lowest BCUT2D eigenvalue weighted by Gasteiger charge is -2.18. The summed E-state index contributed by atoms with van der Waals surface area (Å²) in [5.74, 6) is 0.366. The average Bonchev–Trinajstić information content (AvgIpc) is 2.71. The van der Waals surface area contributed by atoms with E-state index in [1.165, 1.54) is 11.8 Å². The lowest BCUT2D eigenvalue weighted by Crippen LogP contribution is -2.31. The van der Waals surface area contributed by atoms with E-state index >= 15 is 0 Å². The van der Waals surface area contributed by atoms with Crippen molar-refractivity contribution in [3.05, 3.63) is 53.6 Å².